The molecule has 0 aliphatic rings. The molecule has 1 aromatic heterocycles. The molecule has 0 amide bonds. The van der Waals surface area contributed by atoms with Crippen molar-refractivity contribution in [1.82, 2.24) is 10.2 Å². The monoisotopic (exact) mass is 328 g/mol. The maximum atomic E-state index is 13.2. The Balaban J connectivity index is 2.05. The molecule has 1 aromatic carbocycles. The smallest absolute Gasteiger partial charge is 0.231 e. The zero-order valence-electron chi connectivity index (χ0n) is 12.7. The summed E-state index contributed by atoms with van der Waals surface area (Å²) in [5.74, 6) is -0.563. The molecule has 0 fully saturated rings. The molecule has 2 atom stereocenters. The fourth-order valence-electron chi connectivity index (χ4n) is 1.89. The van der Waals surface area contributed by atoms with Crippen molar-refractivity contribution in [3.05, 3.63) is 47.2 Å². The molecular formula is C15H18F2N2O2S. The summed E-state index contributed by atoms with van der Waals surface area (Å²) in [5, 5.41) is 7.38. The van der Waals surface area contributed by atoms with E-state index in [9.17, 15) is 13.0 Å². The molecule has 2 aromatic rings. The minimum absolute atomic E-state index is 0.0975. The Labute approximate surface area is 130 Å². The van der Waals surface area contributed by atoms with Crippen molar-refractivity contribution in [3.8, 4) is 0 Å². The van der Waals surface area contributed by atoms with Gasteiger partial charge in [0.2, 0.25) is 11.8 Å². The largest absolute Gasteiger partial charge is 0.424 e. The average Bonchev–Trinajstić information content (AvgIpc) is 2.89. The van der Waals surface area contributed by atoms with Gasteiger partial charge in [0.25, 0.3) is 0 Å². The molecule has 120 valence electrons. The van der Waals surface area contributed by atoms with E-state index in [1.165, 1.54) is 6.07 Å². The summed E-state index contributed by atoms with van der Waals surface area (Å²) in [6.07, 6.45) is 0.662. The third-order valence-electron chi connectivity index (χ3n) is 3.10. The van der Waals surface area contributed by atoms with Gasteiger partial charge in [-0.15, -0.1) is 10.2 Å². The number of aromatic nitrogens is 2. The van der Waals surface area contributed by atoms with E-state index in [2.05, 4.69) is 10.2 Å². The lowest BCUT2D eigenvalue weighted by molar-refractivity contribution is 0.425. The normalized spacial score (nSPS) is 14.3. The molecule has 22 heavy (non-hydrogen) atoms. The van der Waals surface area contributed by atoms with Crippen LogP contribution in [-0.2, 0) is 23.0 Å². The van der Waals surface area contributed by atoms with E-state index in [4.69, 9.17) is 4.42 Å². The van der Waals surface area contributed by atoms with Gasteiger partial charge < -0.3 is 4.42 Å². The SMILES string of the molecule is CC(C)Cc1nnc([C@H](C)[S@](=O)Cc2ccc(F)c(F)c2)o1. The van der Waals surface area contributed by atoms with Crippen LogP contribution in [-0.4, -0.2) is 14.4 Å². The minimum Gasteiger partial charge on any atom is -0.424 e. The predicted molar refractivity (Wildman–Crippen MR) is 79.5 cm³/mol. The second-order valence-electron chi connectivity index (χ2n) is 5.55. The van der Waals surface area contributed by atoms with E-state index in [1.54, 1.807) is 6.92 Å². The molecule has 4 nitrogen and oxygen atoms in total. The predicted octanol–water partition coefficient (Wildman–Crippen LogP) is 3.56. The second kappa shape index (κ2) is 7.09. The molecule has 2 rings (SSSR count). The van der Waals surface area contributed by atoms with Gasteiger partial charge in [0.15, 0.2) is 11.6 Å². The molecule has 0 N–H and O–H groups in total. The summed E-state index contributed by atoms with van der Waals surface area (Å²) in [7, 11) is -1.37. The highest BCUT2D eigenvalue weighted by atomic mass is 32.2. The summed E-state index contributed by atoms with van der Waals surface area (Å²) in [6, 6.07) is 3.50. The van der Waals surface area contributed by atoms with Gasteiger partial charge in [0, 0.05) is 23.0 Å². The van der Waals surface area contributed by atoms with Gasteiger partial charge in [0.1, 0.15) is 5.25 Å². The van der Waals surface area contributed by atoms with Gasteiger partial charge in [-0.3, -0.25) is 4.21 Å². The highest BCUT2D eigenvalue weighted by molar-refractivity contribution is 7.84. The van der Waals surface area contributed by atoms with Gasteiger partial charge in [0.05, 0.1) is 0 Å². The van der Waals surface area contributed by atoms with Crippen LogP contribution in [0.1, 0.15) is 43.4 Å². The maximum absolute atomic E-state index is 13.2. The van der Waals surface area contributed by atoms with Crippen molar-refractivity contribution in [2.24, 2.45) is 5.92 Å². The zero-order valence-corrected chi connectivity index (χ0v) is 13.5. The molecule has 0 aliphatic heterocycles. The average molecular weight is 328 g/mol. The fraction of sp³-hybridized carbons (Fsp3) is 0.467. The van der Waals surface area contributed by atoms with Gasteiger partial charge in [-0.05, 0) is 30.5 Å². The molecule has 0 bridgehead atoms. The second-order valence-corrected chi connectivity index (χ2v) is 7.31. The van der Waals surface area contributed by atoms with Crippen LogP contribution in [0, 0.1) is 17.6 Å². The first-order valence-corrected chi connectivity index (χ1v) is 8.38. The lowest BCUT2D eigenvalue weighted by Gasteiger charge is -2.07. The highest BCUT2D eigenvalue weighted by Crippen LogP contribution is 2.22. The Morgan fingerprint density at radius 3 is 2.55 bits per heavy atom. The Morgan fingerprint density at radius 2 is 1.91 bits per heavy atom. The summed E-state index contributed by atoms with van der Waals surface area (Å²) in [6.45, 7) is 5.78. The number of benzene rings is 1. The van der Waals surface area contributed by atoms with Crippen LogP contribution in [0.2, 0.25) is 0 Å². The van der Waals surface area contributed by atoms with E-state index in [-0.39, 0.29) is 5.75 Å². The number of nitrogens with zero attached hydrogens (tertiary/aromatic N) is 2. The van der Waals surface area contributed by atoms with Gasteiger partial charge in [-0.2, -0.15) is 0 Å². The first-order valence-electron chi connectivity index (χ1n) is 7.00. The van der Waals surface area contributed by atoms with Crippen molar-refractivity contribution < 1.29 is 17.4 Å². The van der Waals surface area contributed by atoms with E-state index < -0.39 is 27.7 Å². The summed E-state index contributed by atoms with van der Waals surface area (Å²) in [5.41, 5.74) is 0.464. The van der Waals surface area contributed by atoms with E-state index >= 15 is 0 Å². The zero-order chi connectivity index (χ0) is 16.3. The van der Waals surface area contributed by atoms with Crippen molar-refractivity contribution >= 4 is 10.8 Å². The first-order chi connectivity index (χ1) is 10.4. The van der Waals surface area contributed by atoms with Crippen molar-refractivity contribution in [1.29, 1.82) is 0 Å². The van der Waals surface area contributed by atoms with E-state index in [0.29, 0.717) is 29.7 Å². The summed E-state index contributed by atoms with van der Waals surface area (Å²) >= 11 is 0. The Morgan fingerprint density at radius 1 is 1.18 bits per heavy atom. The van der Waals surface area contributed by atoms with Crippen LogP contribution in [0.25, 0.3) is 0 Å². The Bertz CT molecular complexity index is 673. The van der Waals surface area contributed by atoms with Crippen LogP contribution in [0.4, 0.5) is 8.78 Å². The van der Waals surface area contributed by atoms with Crippen LogP contribution in [0.15, 0.2) is 22.6 Å². The maximum Gasteiger partial charge on any atom is 0.231 e. The summed E-state index contributed by atoms with van der Waals surface area (Å²) < 4.78 is 43.9. The molecule has 7 heteroatoms. The number of halogens is 2. The minimum atomic E-state index is -1.37. The van der Waals surface area contributed by atoms with E-state index in [1.807, 2.05) is 13.8 Å². The number of rotatable bonds is 6. The standard InChI is InChI=1S/C15H18F2N2O2S/c1-9(2)6-14-18-19-15(21-14)10(3)22(20)8-11-4-5-12(16)13(17)7-11/h4-5,7,9-10H,6,8H2,1-3H3/t10-,22+/m0/s1. The van der Waals surface area contributed by atoms with Gasteiger partial charge in [-0.1, -0.05) is 19.9 Å². The molecule has 0 radical (unpaired) electrons. The molecule has 0 unspecified atom stereocenters. The fourth-order valence-corrected chi connectivity index (χ4v) is 2.97. The van der Waals surface area contributed by atoms with Crippen LogP contribution in [0.5, 0.6) is 0 Å². The topological polar surface area (TPSA) is 56.0 Å². The van der Waals surface area contributed by atoms with Crippen molar-refractivity contribution in [2.75, 3.05) is 0 Å². The molecular weight excluding hydrogens is 310 g/mol. The van der Waals surface area contributed by atoms with Crippen LogP contribution >= 0.6 is 0 Å². The third-order valence-corrected chi connectivity index (χ3v) is 4.71. The van der Waals surface area contributed by atoms with Crippen LogP contribution in [0.3, 0.4) is 0 Å². The van der Waals surface area contributed by atoms with Crippen molar-refractivity contribution in [3.63, 3.8) is 0 Å². The third kappa shape index (κ3) is 4.19. The lowest BCUT2D eigenvalue weighted by atomic mass is 10.1. The van der Waals surface area contributed by atoms with Crippen molar-refractivity contribution in [2.45, 2.75) is 38.2 Å². The van der Waals surface area contributed by atoms with E-state index in [0.717, 1.165) is 12.1 Å². The number of hydrogen-bond acceptors (Lipinski definition) is 4. The van der Waals surface area contributed by atoms with Crippen LogP contribution < -0.4 is 0 Å². The molecule has 0 spiro atoms. The Hall–Kier alpha value is -1.63. The summed E-state index contributed by atoms with van der Waals surface area (Å²) in [4.78, 5) is 0. The molecule has 0 saturated carbocycles. The number of hydrogen-bond donors (Lipinski definition) is 0. The quantitative estimate of drug-likeness (QED) is 0.813. The van der Waals surface area contributed by atoms with Gasteiger partial charge in [-0.25, -0.2) is 8.78 Å². The van der Waals surface area contributed by atoms with Gasteiger partial charge >= 0.3 is 0 Å². The Kier molecular flexibility index (Phi) is 5.39. The highest BCUT2D eigenvalue weighted by Gasteiger charge is 2.21. The molecule has 0 aliphatic carbocycles. The first kappa shape index (κ1) is 16.7. The molecule has 0 saturated heterocycles. The lowest BCUT2D eigenvalue weighted by Crippen LogP contribution is -2.06. The molecule has 1 heterocycles.